The largest absolute Gasteiger partial charge is 0.416 e. The lowest BCUT2D eigenvalue weighted by molar-refractivity contribution is -0.137. The highest BCUT2D eigenvalue weighted by atomic mass is 19.4. The van der Waals surface area contributed by atoms with Gasteiger partial charge in [-0.25, -0.2) is 0 Å². The number of nitrogens with one attached hydrogen (secondary N) is 2. The van der Waals surface area contributed by atoms with Crippen LogP contribution in [0.3, 0.4) is 0 Å². The van der Waals surface area contributed by atoms with E-state index in [1.807, 2.05) is 6.92 Å². The number of rotatable bonds is 6. The Morgan fingerprint density at radius 3 is 2.18 bits per heavy atom. The third-order valence-electron chi connectivity index (χ3n) is 4.04. The maximum absolute atomic E-state index is 12.5. The summed E-state index contributed by atoms with van der Waals surface area (Å²) in [5, 5.41) is 5.52. The molecule has 0 heterocycles. The van der Waals surface area contributed by atoms with E-state index >= 15 is 0 Å². The van der Waals surface area contributed by atoms with Crippen LogP contribution in [-0.2, 0) is 15.8 Å². The molecule has 0 spiro atoms. The van der Waals surface area contributed by atoms with Gasteiger partial charge in [-0.1, -0.05) is 31.2 Å². The van der Waals surface area contributed by atoms with Crippen LogP contribution in [0.15, 0.2) is 54.6 Å². The Morgan fingerprint density at radius 1 is 1.04 bits per heavy atom. The molecule has 28 heavy (non-hydrogen) atoms. The molecule has 148 valence electrons. The van der Waals surface area contributed by atoms with E-state index in [1.165, 1.54) is 24.3 Å². The topological polar surface area (TPSA) is 58.2 Å². The van der Waals surface area contributed by atoms with Crippen LogP contribution in [0.2, 0.25) is 0 Å². The van der Waals surface area contributed by atoms with E-state index in [4.69, 9.17) is 0 Å². The summed E-state index contributed by atoms with van der Waals surface area (Å²) in [5.74, 6) is -0.446. The van der Waals surface area contributed by atoms with Crippen molar-refractivity contribution in [1.82, 2.24) is 5.32 Å². The molecule has 0 aliphatic rings. The van der Waals surface area contributed by atoms with Gasteiger partial charge in [0.1, 0.15) is 0 Å². The van der Waals surface area contributed by atoms with E-state index in [1.54, 1.807) is 31.2 Å². The predicted octanol–water partition coefficient (Wildman–Crippen LogP) is 4.94. The van der Waals surface area contributed by atoms with Gasteiger partial charge in [0.2, 0.25) is 11.8 Å². The summed E-state index contributed by atoms with van der Waals surface area (Å²) in [4.78, 5) is 23.4. The normalized spacial score (nSPS) is 12.6. The van der Waals surface area contributed by atoms with Crippen LogP contribution in [0.1, 0.15) is 43.0 Å². The number of anilines is 1. The Labute approximate surface area is 161 Å². The van der Waals surface area contributed by atoms with Crippen LogP contribution in [0.4, 0.5) is 18.9 Å². The summed E-state index contributed by atoms with van der Waals surface area (Å²) < 4.78 is 37.6. The van der Waals surface area contributed by atoms with E-state index in [-0.39, 0.29) is 17.9 Å². The van der Waals surface area contributed by atoms with Gasteiger partial charge in [0.15, 0.2) is 0 Å². The Balaban J connectivity index is 1.93. The van der Waals surface area contributed by atoms with Crippen molar-refractivity contribution in [3.63, 3.8) is 0 Å². The summed E-state index contributed by atoms with van der Waals surface area (Å²) in [6.45, 7) is 3.57. The highest BCUT2D eigenvalue weighted by molar-refractivity contribution is 5.92. The SMILES string of the molecule is CCC(=O)Nc1ccc(C(C)NC(=O)/C=C/c2ccc(C(F)(F)F)cc2)cc1. The number of carbonyl (C=O) groups is 2. The number of hydrogen-bond donors (Lipinski definition) is 2. The van der Waals surface area contributed by atoms with Crippen molar-refractivity contribution in [3.8, 4) is 0 Å². The summed E-state index contributed by atoms with van der Waals surface area (Å²) in [6.07, 6.45) is -1.27. The van der Waals surface area contributed by atoms with Gasteiger partial charge in [-0.15, -0.1) is 0 Å². The Kier molecular flexibility index (Phi) is 6.98. The highest BCUT2D eigenvalue weighted by Crippen LogP contribution is 2.29. The minimum absolute atomic E-state index is 0.0810. The van der Waals surface area contributed by atoms with Gasteiger partial charge in [-0.2, -0.15) is 13.2 Å². The Hall–Kier alpha value is -3.09. The molecular weight excluding hydrogens is 369 g/mol. The quantitative estimate of drug-likeness (QED) is 0.686. The first-order valence-electron chi connectivity index (χ1n) is 8.74. The van der Waals surface area contributed by atoms with Crippen molar-refractivity contribution in [2.24, 2.45) is 0 Å². The lowest BCUT2D eigenvalue weighted by atomic mass is 10.1. The lowest BCUT2D eigenvalue weighted by Crippen LogP contribution is -2.24. The molecular formula is C21H21F3N2O2. The van der Waals surface area contributed by atoms with E-state index < -0.39 is 11.7 Å². The van der Waals surface area contributed by atoms with Crippen molar-refractivity contribution in [2.45, 2.75) is 32.5 Å². The van der Waals surface area contributed by atoms with E-state index in [0.717, 1.165) is 17.7 Å². The third kappa shape index (κ3) is 6.26. The molecule has 0 saturated heterocycles. The number of hydrogen-bond acceptors (Lipinski definition) is 2. The predicted molar refractivity (Wildman–Crippen MR) is 102 cm³/mol. The average molecular weight is 390 g/mol. The highest BCUT2D eigenvalue weighted by Gasteiger charge is 2.29. The Morgan fingerprint density at radius 2 is 1.64 bits per heavy atom. The van der Waals surface area contributed by atoms with Crippen LogP contribution < -0.4 is 10.6 Å². The van der Waals surface area contributed by atoms with Gasteiger partial charge < -0.3 is 10.6 Å². The van der Waals surface area contributed by atoms with Crippen LogP contribution in [0, 0.1) is 0 Å². The fourth-order valence-electron chi connectivity index (χ4n) is 2.40. The van der Waals surface area contributed by atoms with E-state index in [2.05, 4.69) is 10.6 Å². The molecule has 2 aromatic rings. The van der Waals surface area contributed by atoms with Gasteiger partial charge in [-0.05, 0) is 48.4 Å². The average Bonchev–Trinajstić information content (AvgIpc) is 2.66. The smallest absolute Gasteiger partial charge is 0.346 e. The molecule has 7 heteroatoms. The Bertz CT molecular complexity index is 841. The fraction of sp³-hybridized carbons (Fsp3) is 0.238. The minimum Gasteiger partial charge on any atom is -0.346 e. The van der Waals surface area contributed by atoms with Crippen LogP contribution in [0.5, 0.6) is 0 Å². The molecule has 2 rings (SSSR count). The van der Waals surface area contributed by atoms with Crippen molar-refractivity contribution < 1.29 is 22.8 Å². The molecule has 0 bridgehead atoms. The van der Waals surface area contributed by atoms with Gasteiger partial charge in [0.25, 0.3) is 0 Å². The molecule has 2 aromatic carbocycles. The first kappa shape index (κ1) is 21.2. The maximum atomic E-state index is 12.5. The van der Waals surface area contributed by atoms with Gasteiger partial charge in [-0.3, -0.25) is 9.59 Å². The van der Waals surface area contributed by atoms with E-state index in [9.17, 15) is 22.8 Å². The number of carbonyl (C=O) groups excluding carboxylic acids is 2. The lowest BCUT2D eigenvalue weighted by Gasteiger charge is -2.14. The number of halogens is 3. The maximum Gasteiger partial charge on any atom is 0.416 e. The van der Waals surface area contributed by atoms with Crippen molar-refractivity contribution in [2.75, 3.05) is 5.32 Å². The third-order valence-corrected chi connectivity index (χ3v) is 4.04. The molecule has 1 unspecified atom stereocenters. The molecule has 0 aliphatic heterocycles. The minimum atomic E-state index is -4.38. The van der Waals surface area contributed by atoms with Crippen molar-refractivity contribution in [3.05, 3.63) is 71.3 Å². The van der Waals surface area contributed by atoms with Gasteiger partial charge in [0.05, 0.1) is 11.6 Å². The van der Waals surface area contributed by atoms with Crippen molar-refractivity contribution >= 4 is 23.6 Å². The second-order valence-corrected chi connectivity index (χ2v) is 6.21. The summed E-state index contributed by atoms with van der Waals surface area (Å²) >= 11 is 0. The van der Waals surface area contributed by atoms with Gasteiger partial charge in [0, 0.05) is 18.2 Å². The standard InChI is InChI=1S/C21H21F3N2O2/c1-3-19(27)26-18-11-7-16(8-12-18)14(2)25-20(28)13-6-15-4-9-17(10-5-15)21(22,23)24/h4-14H,3H2,1-2H3,(H,25,28)(H,26,27)/b13-6+. The molecule has 0 saturated carbocycles. The second-order valence-electron chi connectivity index (χ2n) is 6.21. The zero-order valence-electron chi connectivity index (χ0n) is 15.5. The van der Waals surface area contributed by atoms with E-state index in [0.29, 0.717) is 17.7 Å². The molecule has 2 N–H and O–H groups in total. The molecule has 0 aliphatic carbocycles. The summed E-state index contributed by atoms with van der Waals surface area (Å²) in [6, 6.07) is 11.4. The first-order chi connectivity index (χ1) is 13.2. The number of benzene rings is 2. The monoisotopic (exact) mass is 390 g/mol. The molecule has 2 amide bonds. The molecule has 0 aromatic heterocycles. The zero-order valence-corrected chi connectivity index (χ0v) is 15.5. The van der Waals surface area contributed by atoms with Gasteiger partial charge >= 0.3 is 6.18 Å². The van der Waals surface area contributed by atoms with Crippen LogP contribution >= 0.6 is 0 Å². The summed E-state index contributed by atoms with van der Waals surface area (Å²) in [7, 11) is 0. The molecule has 0 fully saturated rings. The number of alkyl halides is 3. The van der Waals surface area contributed by atoms with Crippen LogP contribution in [-0.4, -0.2) is 11.8 Å². The fourth-order valence-corrected chi connectivity index (χ4v) is 2.40. The van der Waals surface area contributed by atoms with Crippen LogP contribution in [0.25, 0.3) is 6.08 Å². The second kappa shape index (κ2) is 9.21. The number of amides is 2. The molecule has 4 nitrogen and oxygen atoms in total. The first-order valence-corrected chi connectivity index (χ1v) is 8.74. The zero-order chi connectivity index (χ0) is 20.7. The molecule has 0 radical (unpaired) electrons. The molecule has 1 atom stereocenters. The summed E-state index contributed by atoms with van der Waals surface area (Å²) in [5.41, 5.74) is 1.29. The van der Waals surface area contributed by atoms with Crippen molar-refractivity contribution in [1.29, 1.82) is 0 Å².